The van der Waals surface area contributed by atoms with Crippen LogP contribution in [0.5, 0.6) is 0 Å². The second-order valence-corrected chi connectivity index (χ2v) is 6.11. The van der Waals surface area contributed by atoms with Gasteiger partial charge in [0.15, 0.2) is 0 Å². The molecular weight excluding hydrogens is 289 g/mol. The molecule has 1 unspecified atom stereocenters. The fourth-order valence-electron chi connectivity index (χ4n) is 3.01. The molecule has 3 rings (SSSR count). The van der Waals surface area contributed by atoms with Crippen molar-refractivity contribution in [1.82, 2.24) is 5.32 Å². The molecule has 104 valence electrons. The highest BCUT2D eigenvalue weighted by atomic mass is 35.5. The van der Waals surface area contributed by atoms with Gasteiger partial charge in [0.25, 0.3) is 0 Å². The summed E-state index contributed by atoms with van der Waals surface area (Å²) >= 11 is 12.5. The standard InChI is InChI=1S/C17H17Cl2N/c1-20-17(15-10-14(18)7-8-16(15)19)13-6-5-11-3-2-4-12(11)9-13/h5-10,17,20H,2-4H2,1H3. The quantitative estimate of drug-likeness (QED) is 0.859. The van der Waals surface area contributed by atoms with E-state index in [0.29, 0.717) is 5.02 Å². The summed E-state index contributed by atoms with van der Waals surface area (Å²) in [5, 5.41) is 4.81. The van der Waals surface area contributed by atoms with Crippen molar-refractivity contribution in [1.29, 1.82) is 0 Å². The SMILES string of the molecule is CNC(c1ccc2c(c1)CCC2)c1cc(Cl)ccc1Cl. The number of aryl methyl sites for hydroxylation is 2. The molecule has 0 radical (unpaired) electrons. The number of benzene rings is 2. The van der Waals surface area contributed by atoms with E-state index in [-0.39, 0.29) is 6.04 Å². The molecule has 0 fully saturated rings. The maximum Gasteiger partial charge on any atom is 0.0589 e. The van der Waals surface area contributed by atoms with Crippen LogP contribution < -0.4 is 5.32 Å². The van der Waals surface area contributed by atoms with Crippen molar-refractivity contribution in [2.24, 2.45) is 0 Å². The van der Waals surface area contributed by atoms with Gasteiger partial charge in [-0.15, -0.1) is 0 Å². The summed E-state index contributed by atoms with van der Waals surface area (Å²) in [6.45, 7) is 0. The van der Waals surface area contributed by atoms with Gasteiger partial charge in [-0.3, -0.25) is 0 Å². The summed E-state index contributed by atoms with van der Waals surface area (Å²) in [6.07, 6.45) is 3.65. The lowest BCUT2D eigenvalue weighted by Crippen LogP contribution is -2.18. The first kappa shape index (κ1) is 13.9. The summed E-state index contributed by atoms with van der Waals surface area (Å²) in [5.74, 6) is 0. The molecule has 0 heterocycles. The minimum absolute atomic E-state index is 0.0760. The summed E-state index contributed by atoms with van der Waals surface area (Å²) in [6, 6.07) is 12.5. The molecule has 0 aliphatic heterocycles. The Morgan fingerprint density at radius 2 is 1.80 bits per heavy atom. The lowest BCUT2D eigenvalue weighted by molar-refractivity contribution is 0.691. The van der Waals surface area contributed by atoms with E-state index in [4.69, 9.17) is 23.2 Å². The van der Waals surface area contributed by atoms with Crippen LogP contribution in [0.2, 0.25) is 10.0 Å². The Labute approximate surface area is 129 Å². The number of fused-ring (bicyclic) bond motifs is 1. The van der Waals surface area contributed by atoms with Gasteiger partial charge < -0.3 is 5.32 Å². The van der Waals surface area contributed by atoms with Gasteiger partial charge in [-0.2, -0.15) is 0 Å². The summed E-state index contributed by atoms with van der Waals surface area (Å²) in [4.78, 5) is 0. The van der Waals surface area contributed by atoms with E-state index in [0.717, 1.165) is 10.6 Å². The summed E-state index contributed by atoms with van der Waals surface area (Å²) in [5.41, 5.74) is 5.23. The Kier molecular flexibility index (Phi) is 4.02. The molecule has 2 aromatic rings. The highest BCUT2D eigenvalue weighted by Gasteiger charge is 2.18. The third kappa shape index (κ3) is 2.58. The predicted molar refractivity (Wildman–Crippen MR) is 85.8 cm³/mol. The molecule has 1 aliphatic carbocycles. The van der Waals surface area contributed by atoms with Crippen LogP contribution in [0.3, 0.4) is 0 Å². The van der Waals surface area contributed by atoms with Crippen LogP contribution in [0.4, 0.5) is 0 Å². The molecular formula is C17H17Cl2N. The van der Waals surface area contributed by atoms with E-state index in [2.05, 4.69) is 23.5 Å². The molecule has 0 bridgehead atoms. The first-order valence-corrected chi connectivity index (χ1v) is 7.68. The summed E-state index contributed by atoms with van der Waals surface area (Å²) in [7, 11) is 1.95. The van der Waals surface area contributed by atoms with Gasteiger partial charge in [0.1, 0.15) is 0 Å². The second-order valence-electron chi connectivity index (χ2n) is 5.27. The van der Waals surface area contributed by atoms with Gasteiger partial charge in [-0.1, -0.05) is 41.4 Å². The Hall–Kier alpha value is -1.02. The lowest BCUT2D eigenvalue weighted by Gasteiger charge is -2.20. The third-order valence-corrected chi connectivity index (χ3v) is 4.59. The highest BCUT2D eigenvalue weighted by Crippen LogP contribution is 2.32. The molecule has 0 amide bonds. The maximum atomic E-state index is 6.34. The monoisotopic (exact) mass is 305 g/mol. The van der Waals surface area contributed by atoms with E-state index in [9.17, 15) is 0 Å². The van der Waals surface area contributed by atoms with Crippen LogP contribution >= 0.6 is 23.2 Å². The maximum absolute atomic E-state index is 6.34. The number of hydrogen-bond donors (Lipinski definition) is 1. The normalized spacial score (nSPS) is 15.2. The molecule has 0 spiro atoms. The Bertz CT molecular complexity index is 637. The largest absolute Gasteiger partial charge is 0.309 e. The van der Waals surface area contributed by atoms with Gasteiger partial charge in [-0.05, 0) is 66.8 Å². The molecule has 1 N–H and O–H groups in total. The van der Waals surface area contributed by atoms with E-state index in [1.165, 1.54) is 36.0 Å². The number of nitrogens with one attached hydrogen (secondary N) is 1. The zero-order valence-electron chi connectivity index (χ0n) is 11.4. The zero-order valence-corrected chi connectivity index (χ0v) is 12.9. The van der Waals surface area contributed by atoms with Crippen molar-refractivity contribution in [3.63, 3.8) is 0 Å². The van der Waals surface area contributed by atoms with Gasteiger partial charge in [0.05, 0.1) is 6.04 Å². The van der Waals surface area contributed by atoms with E-state index < -0.39 is 0 Å². The van der Waals surface area contributed by atoms with Crippen molar-refractivity contribution >= 4 is 23.2 Å². The lowest BCUT2D eigenvalue weighted by atomic mass is 9.96. The van der Waals surface area contributed by atoms with Gasteiger partial charge in [-0.25, -0.2) is 0 Å². The highest BCUT2D eigenvalue weighted by molar-refractivity contribution is 6.33. The van der Waals surface area contributed by atoms with E-state index in [1.807, 2.05) is 25.2 Å². The van der Waals surface area contributed by atoms with Crippen LogP contribution in [-0.4, -0.2) is 7.05 Å². The van der Waals surface area contributed by atoms with Crippen LogP contribution in [0.25, 0.3) is 0 Å². The van der Waals surface area contributed by atoms with Crippen molar-refractivity contribution in [3.8, 4) is 0 Å². The second kappa shape index (κ2) is 5.77. The van der Waals surface area contributed by atoms with Crippen molar-refractivity contribution < 1.29 is 0 Å². The average Bonchev–Trinajstić information content (AvgIpc) is 2.91. The van der Waals surface area contributed by atoms with Gasteiger partial charge in [0.2, 0.25) is 0 Å². The third-order valence-electron chi connectivity index (χ3n) is 4.01. The van der Waals surface area contributed by atoms with Gasteiger partial charge in [0, 0.05) is 10.0 Å². The van der Waals surface area contributed by atoms with Crippen molar-refractivity contribution in [2.75, 3.05) is 7.05 Å². The number of halogens is 2. The minimum Gasteiger partial charge on any atom is -0.309 e. The van der Waals surface area contributed by atoms with Gasteiger partial charge >= 0.3 is 0 Å². The van der Waals surface area contributed by atoms with Crippen LogP contribution in [0.15, 0.2) is 36.4 Å². The molecule has 2 aromatic carbocycles. The van der Waals surface area contributed by atoms with Crippen LogP contribution in [0.1, 0.15) is 34.7 Å². The van der Waals surface area contributed by atoms with E-state index in [1.54, 1.807) is 0 Å². The molecule has 0 saturated heterocycles. The fourth-order valence-corrected chi connectivity index (χ4v) is 3.42. The predicted octanol–water partition coefficient (Wildman–Crippen LogP) is 4.79. The smallest absolute Gasteiger partial charge is 0.0589 e. The average molecular weight is 306 g/mol. The summed E-state index contributed by atoms with van der Waals surface area (Å²) < 4.78 is 0. The number of hydrogen-bond acceptors (Lipinski definition) is 1. The topological polar surface area (TPSA) is 12.0 Å². The number of rotatable bonds is 3. The van der Waals surface area contributed by atoms with E-state index >= 15 is 0 Å². The van der Waals surface area contributed by atoms with Crippen molar-refractivity contribution in [2.45, 2.75) is 25.3 Å². The molecule has 0 aromatic heterocycles. The fraction of sp³-hybridized carbons (Fsp3) is 0.294. The Morgan fingerprint density at radius 3 is 2.60 bits per heavy atom. The minimum atomic E-state index is 0.0760. The first-order chi connectivity index (χ1) is 9.69. The molecule has 20 heavy (non-hydrogen) atoms. The molecule has 1 atom stereocenters. The molecule has 3 heteroatoms. The Balaban J connectivity index is 2.03. The van der Waals surface area contributed by atoms with Crippen molar-refractivity contribution in [3.05, 3.63) is 68.7 Å². The zero-order chi connectivity index (χ0) is 14.1. The molecule has 1 nitrogen and oxygen atoms in total. The first-order valence-electron chi connectivity index (χ1n) is 6.93. The van der Waals surface area contributed by atoms with Crippen LogP contribution in [0, 0.1) is 0 Å². The molecule has 1 aliphatic rings. The Morgan fingerprint density at radius 1 is 1.00 bits per heavy atom. The molecule has 0 saturated carbocycles. The van der Waals surface area contributed by atoms with Crippen LogP contribution in [-0.2, 0) is 12.8 Å².